The lowest BCUT2D eigenvalue weighted by atomic mass is 9.41. The molecule has 0 saturated heterocycles. The third-order valence-electron chi connectivity index (χ3n) is 1.08. The van der Waals surface area contributed by atoms with Crippen molar-refractivity contribution in [1.29, 1.82) is 0 Å². The van der Waals surface area contributed by atoms with E-state index in [2.05, 4.69) is 29.4 Å². The van der Waals surface area contributed by atoms with Crippen LogP contribution in [0.3, 0.4) is 0 Å². The van der Waals surface area contributed by atoms with Crippen LogP contribution in [0, 0.1) is 0 Å². The van der Waals surface area contributed by atoms with Crippen LogP contribution in [0.2, 0.25) is 6.22 Å². The summed E-state index contributed by atoms with van der Waals surface area (Å²) in [7, 11) is 4.23. The molecule has 0 unspecified atom stereocenters. The molecule has 44 valence electrons. The fourth-order valence-electron chi connectivity index (χ4n) is 0.561. The second-order valence-electron chi connectivity index (χ2n) is 2.40. The van der Waals surface area contributed by atoms with Crippen molar-refractivity contribution < 1.29 is 4.65 Å². The van der Waals surface area contributed by atoms with Crippen molar-refractivity contribution in [3.8, 4) is 0 Å². The molecule has 0 aromatic rings. The van der Waals surface area contributed by atoms with E-state index >= 15 is 0 Å². The molecular weight excluding hydrogens is 96.5 g/mol. The van der Waals surface area contributed by atoms with Gasteiger partial charge in [0.15, 0.2) is 0 Å². The average Bonchev–Trinajstić information content (AvgIpc) is 1.65. The third kappa shape index (κ3) is 4.32. The van der Waals surface area contributed by atoms with E-state index in [1.165, 1.54) is 0 Å². The monoisotopic (exact) mass is 110 g/mol. The maximum Gasteiger partial charge on any atom is 0.239 e. The van der Waals surface area contributed by atoms with Crippen LogP contribution in [0.25, 0.3) is 0 Å². The minimum Gasteiger partial charge on any atom is -0.444 e. The lowest BCUT2D eigenvalue weighted by Gasteiger charge is -2.10. The van der Waals surface area contributed by atoms with E-state index in [1.54, 1.807) is 0 Å². The molecule has 0 atom stereocenters. The molecule has 0 aliphatic rings. The minimum atomic E-state index is 0.380. The lowest BCUT2D eigenvalue weighted by Crippen LogP contribution is -2.22. The van der Waals surface area contributed by atoms with Gasteiger partial charge in [0.25, 0.3) is 0 Å². The first-order chi connectivity index (χ1) is 3.66. The van der Waals surface area contributed by atoms with Gasteiger partial charge in [-0.25, -0.2) is 0 Å². The second kappa shape index (κ2) is 4.08. The molecule has 0 spiro atoms. The van der Waals surface area contributed by atoms with Gasteiger partial charge in [0.05, 0.1) is 7.85 Å². The highest BCUT2D eigenvalue weighted by Gasteiger charge is 2.04. The first-order valence-electron chi connectivity index (χ1n) is 3.32. The van der Waals surface area contributed by atoms with Gasteiger partial charge >= 0.3 is 0 Å². The van der Waals surface area contributed by atoms with Gasteiger partial charge in [-0.05, 0) is 13.8 Å². The molecule has 0 heterocycles. The molecule has 0 radical (unpaired) electrons. The van der Waals surface area contributed by atoms with E-state index in [9.17, 15) is 0 Å². The van der Waals surface area contributed by atoms with E-state index in [4.69, 9.17) is 4.65 Å². The van der Waals surface area contributed by atoms with Crippen LogP contribution >= 0.6 is 0 Å². The second-order valence-corrected chi connectivity index (χ2v) is 2.40. The van der Waals surface area contributed by atoms with Crippen molar-refractivity contribution in [3.05, 3.63) is 0 Å². The molecule has 0 aliphatic heterocycles. The van der Waals surface area contributed by atoms with Crippen LogP contribution in [0.15, 0.2) is 0 Å². The Morgan fingerprint density at radius 3 is 2.25 bits per heavy atom. The smallest absolute Gasteiger partial charge is 0.239 e. The molecule has 0 aliphatic carbocycles. The molecule has 0 aromatic heterocycles. The summed E-state index contributed by atoms with van der Waals surface area (Å²) in [5.41, 5.74) is 0. The van der Waals surface area contributed by atoms with E-state index < -0.39 is 0 Å². The summed E-state index contributed by atoms with van der Waals surface area (Å²) in [6.07, 6.45) is 1.49. The fourth-order valence-corrected chi connectivity index (χ4v) is 0.561. The van der Waals surface area contributed by atoms with Crippen molar-refractivity contribution in [1.82, 2.24) is 0 Å². The SMILES string of the molecule is BCB(B)OC(C)C. The Kier molecular flexibility index (Phi) is 4.15. The van der Waals surface area contributed by atoms with Gasteiger partial charge in [0.2, 0.25) is 6.81 Å². The van der Waals surface area contributed by atoms with Crippen LogP contribution in [0.5, 0.6) is 0 Å². The standard InChI is InChI=1S/C4H13B3O/c1-4(2)8-7(6)3-5/h4H,3,5-6H2,1-2H3. The predicted molar refractivity (Wildman–Crippen MR) is 43.9 cm³/mol. The molecular formula is C4H13B3O. The Hall–Kier alpha value is 0.155. The van der Waals surface area contributed by atoms with Gasteiger partial charge in [-0.2, -0.15) is 0 Å². The van der Waals surface area contributed by atoms with Gasteiger partial charge < -0.3 is 4.65 Å². The average molecular weight is 110 g/mol. The molecule has 4 heteroatoms. The third-order valence-corrected chi connectivity index (χ3v) is 1.08. The summed E-state index contributed by atoms with van der Waals surface area (Å²) < 4.78 is 5.40. The Balaban J connectivity index is 3.10. The van der Waals surface area contributed by atoms with Gasteiger partial charge in [0.1, 0.15) is 7.74 Å². The quantitative estimate of drug-likeness (QED) is 0.428. The van der Waals surface area contributed by atoms with Crippen molar-refractivity contribution in [2.75, 3.05) is 0 Å². The van der Waals surface area contributed by atoms with Crippen molar-refractivity contribution in [2.45, 2.75) is 26.2 Å². The summed E-state index contributed by atoms with van der Waals surface area (Å²) in [6.45, 7) is 4.55. The lowest BCUT2D eigenvalue weighted by molar-refractivity contribution is 0.252. The number of rotatable bonds is 3. The number of hydrogen-bond donors (Lipinski definition) is 0. The van der Waals surface area contributed by atoms with Crippen molar-refractivity contribution >= 4 is 22.4 Å². The zero-order valence-electron chi connectivity index (χ0n) is 6.27. The van der Waals surface area contributed by atoms with Gasteiger partial charge in [0, 0.05) is 6.10 Å². The maximum atomic E-state index is 5.40. The Morgan fingerprint density at radius 2 is 2.12 bits per heavy atom. The Morgan fingerprint density at radius 1 is 1.62 bits per heavy atom. The van der Waals surface area contributed by atoms with Gasteiger partial charge in [-0.15, -0.1) is 0 Å². The minimum absolute atomic E-state index is 0.380. The normalized spacial score (nSPS) is 9.88. The molecule has 0 fully saturated rings. The van der Waals surface area contributed by atoms with Crippen LogP contribution in [-0.4, -0.2) is 28.5 Å². The van der Waals surface area contributed by atoms with Crippen LogP contribution in [0.4, 0.5) is 0 Å². The van der Waals surface area contributed by atoms with Crippen LogP contribution in [0.1, 0.15) is 13.8 Å². The molecule has 0 saturated carbocycles. The topological polar surface area (TPSA) is 9.23 Å². The fraction of sp³-hybridized carbons (Fsp3) is 1.00. The summed E-state index contributed by atoms with van der Waals surface area (Å²) in [4.78, 5) is 0. The highest BCUT2D eigenvalue weighted by atomic mass is 16.4. The van der Waals surface area contributed by atoms with E-state index in [-0.39, 0.29) is 0 Å². The van der Waals surface area contributed by atoms with E-state index in [0.29, 0.717) is 12.9 Å². The van der Waals surface area contributed by atoms with Gasteiger partial charge in [-0.3, -0.25) is 0 Å². The summed E-state index contributed by atoms with van der Waals surface area (Å²) in [5, 5.41) is 0. The zero-order valence-corrected chi connectivity index (χ0v) is 6.27. The maximum absolute atomic E-state index is 5.40. The highest BCUT2D eigenvalue weighted by Crippen LogP contribution is 1.91. The zero-order chi connectivity index (χ0) is 6.57. The first-order valence-corrected chi connectivity index (χ1v) is 3.32. The molecule has 0 N–H and O–H groups in total. The Labute approximate surface area is 54.1 Å². The largest absolute Gasteiger partial charge is 0.444 e. The number of hydrogen-bond acceptors (Lipinski definition) is 1. The molecule has 1 nitrogen and oxygen atoms in total. The van der Waals surface area contributed by atoms with E-state index in [0.717, 1.165) is 6.22 Å². The van der Waals surface area contributed by atoms with Crippen LogP contribution < -0.4 is 0 Å². The Bertz CT molecular complexity index is 57.2. The molecule has 0 rings (SSSR count). The summed E-state index contributed by atoms with van der Waals surface area (Å²) >= 11 is 0. The molecule has 0 aromatic carbocycles. The first kappa shape index (κ1) is 8.15. The highest BCUT2D eigenvalue weighted by molar-refractivity contribution is 7.01. The molecule has 0 amide bonds. The van der Waals surface area contributed by atoms with Crippen molar-refractivity contribution in [2.24, 2.45) is 0 Å². The van der Waals surface area contributed by atoms with Gasteiger partial charge in [-0.1, -0.05) is 6.22 Å². The predicted octanol–water partition coefficient (Wildman–Crippen LogP) is -0.877. The molecule has 8 heavy (non-hydrogen) atoms. The van der Waals surface area contributed by atoms with Crippen molar-refractivity contribution in [3.63, 3.8) is 0 Å². The van der Waals surface area contributed by atoms with E-state index in [1.807, 2.05) is 0 Å². The van der Waals surface area contributed by atoms with Crippen LogP contribution in [-0.2, 0) is 4.65 Å². The molecule has 0 bridgehead atoms. The summed E-state index contributed by atoms with van der Waals surface area (Å²) in [5.74, 6) is 0. The summed E-state index contributed by atoms with van der Waals surface area (Å²) in [6, 6.07) is 0.